The zero-order valence-corrected chi connectivity index (χ0v) is 13.9. The molecule has 1 aromatic heterocycles. The van der Waals surface area contributed by atoms with E-state index in [9.17, 15) is 0 Å². The van der Waals surface area contributed by atoms with E-state index in [1.807, 2.05) is 0 Å². The average Bonchev–Trinajstić information content (AvgIpc) is 2.99. The van der Waals surface area contributed by atoms with Crippen molar-refractivity contribution in [1.29, 1.82) is 0 Å². The second kappa shape index (κ2) is 8.85. The zero-order chi connectivity index (χ0) is 14.9. The van der Waals surface area contributed by atoms with Crippen LogP contribution in [0.4, 0.5) is 0 Å². The lowest BCUT2D eigenvalue weighted by Gasteiger charge is -2.21. The van der Waals surface area contributed by atoms with E-state index < -0.39 is 0 Å². The van der Waals surface area contributed by atoms with Gasteiger partial charge in [0, 0.05) is 13.1 Å². The van der Waals surface area contributed by atoms with Crippen molar-refractivity contribution >= 4 is 11.3 Å². The molecule has 0 spiro atoms. The van der Waals surface area contributed by atoms with E-state index in [4.69, 9.17) is 4.74 Å². The largest absolute Gasteiger partial charge is 0.487 e. The third-order valence-electron chi connectivity index (χ3n) is 3.65. The lowest BCUT2D eigenvalue weighted by Crippen LogP contribution is -2.29. The van der Waals surface area contributed by atoms with Crippen LogP contribution in [0.3, 0.4) is 0 Å². The van der Waals surface area contributed by atoms with E-state index in [1.165, 1.54) is 24.1 Å². The molecule has 0 atom stereocenters. The summed E-state index contributed by atoms with van der Waals surface area (Å²) in [5, 5.41) is 3.22. The highest BCUT2D eigenvalue weighted by atomic mass is 32.1. The fourth-order valence-electron chi connectivity index (χ4n) is 2.46. The van der Waals surface area contributed by atoms with E-state index in [0.29, 0.717) is 0 Å². The van der Waals surface area contributed by atoms with Gasteiger partial charge in [0.15, 0.2) is 5.06 Å². The molecule has 0 fully saturated rings. The molecule has 0 saturated carbocycles. The molecule has 0 unspecified atom stereocenters. The van der Waals surface area contributed by atoms with Gasteiger partial charge in [-0.3, -0.25) is 0 Å². The molecule has 2 aromatic rings. The highest BCUT2D eigenvalue weighted by Crippen LogP contribution is 2.22. The summed E-state index contributed by atoms with van der Waals surface area (Å²) >= 11 is 1.68. The Labute approximate surface area is 132 Å². The monoisotopic (exact) mass is 303 g/mol. The smallest absolute Gasteiger partial charge is 0.173 e. The molecule has 0 saturated heterocycles. The molecule has 2 rings (SSSR count). The van der Waals surface area contributed by atoms with E-state index in [0.717, 1.165) is 31.0 Å². The molecule has 2 nitrogen and oxygen atoms in total. The van der Waals surface area contributed by atoms with Crippen LogP contribution in [0.1, 0.15) is 24.5 Å². The summed E-state index contributed by atoms with van der Waals surface area (Å²) < 4.78 is 5.26. The fourth-order valence-corrected chi connectivity index (χ4v) is 3.23. The topological polar surface area (TPSA) is 12.5 Å². The van der Waals surface area contributed by atoms with E-state index >= 15 is 0 Å². The fraction of sp³-hybridized carbons (Fsp3) is 0.444. The van der Waals surface area contributed by atoms with E-state index in [-0.39, 0.29) is 0 Å². The minimum Gasteiger partial charge on any atom is -0.487 e. The van der Waals surface area contributed by atoms with Gasteiger partial charge < -0.3 is 9.64 Å². The molecule has 1 aromatic carbocycles. The van der Waals surface area contributed by atoms with Gasteiger partial charge in [0.1, 0.15) is 0 Å². The van der Waals surface area contributed by atoms with Crippen molar-refractivity contribution in [2.75, 3.05) is 26.7 Å². The number of nitrogens with zero attached hydrogens (tertiary/aromatic N) is 1. The van der Waals surface area contributed by atoms with Crippen molar-refractivity contribution in [3.8, 4) is 5.06 Å². The van der Waals surface area contributed by atoms with Crippen molar-refractivity contribution in [2.45, 2.75) is 26.2 Å². The number of benzene rings is 1. The molecular weight excluding hydrogens is 278 g/mol. The Bertz CT molecular complexity index is 509. The number of methoxy groups -OCH3 is 1. The Kier molecular flexibility index (Phi) is 6.77. The maximum absolute atomic E-state index is 5.26. The summed E-state index contributed by atoms with van der Waals surface area (Å²) in [6.45, 7) is 5.69. The molecule has 0 amide bonds. The summed E-state index contributed by atoms with van der Waals surface area (Å²) in [6.07, 6.45) is 3.45. The quantitative estimate of drug-likeness (QED) is 0.686. The molecule has 1 heterocycles. The Morgan fingerprint density at radius 3 is 2.33 bits per heavy atom. The first kappa shape index (κ1) is 16.1. The van der Waals surface area contributed by atoms with Crippen LogP contribution < -0.4 is 4.74 Å². The van der Waals surface area contributed by atoms with Crippen LogP contribution in [0, 0.1) is 0 Å². The van der Waals surface area contributed by atoms with Crippen molar-refractivity contribution in [3.63, 3.8) is 0 Å². The summed E-state index contributed by atoms with van der Waals surface area (Å²) in [7, 11) is 1.73. The first-order chi connectivity index (χ1) is 10.3. The molecule has 3 heteroatoms. The lowest BCUT2D eigenvalue weighted by atomic mass is 10.1. The maximum Gasteiger partial charge on any atom is 0.173 e. The van der Waals surface area contributed by atoms with Crippen LogP contribution in [0.5, 0.6) is 5.06 Å². The molecular formula is C18H25NOS. The minimum atomic E-state index is 1.01. The van der Waals surface area contributed by atoms with E-state index in [2.05, 4.69) is 53.6 Å². The summed E-state index contributed by atoms with van der Waals surface area (Å²) in [6, 6.07) is 12.9. The maximum atomic E-state index is 5.26. The van der Waals surface area contributed by atoms with E-state index in [1.54, 1.807) is 18.4 Å². The standard InChI is InChI=1S/C18H25NOS/c1-3-11-19(12-9-16-7-5-4-6-8-16)13-10-17-14-18(20-2)21-15-17/h4-8,14-15H,3,9-13H2,1-2H3. The van der Waals surface area contributed by atoms with Crippen molar-refractivity contribution < 1.29 is 4.74 Å². The van der Waals surface area contributed by atoms with Gasteiger partial charge >= 0.3 is 0 Å². The van der Waals surface area contributed by atoms with Gasteiger partial charge in [0.25, 0.3) is 0 Å². The number of hydrogen-bond donors (Lipinski definition) is 0. The number of hydrogen-bond acceptors (Lipinski definition) is 3. The van der Waals surface area contributed by atoms with Gasteiger partial charge in [0.05, 0.1) is 7.11 Å². The van der Waals surface area contributed by atoms with Crippen molar-refractivity contribution in [2.24, 2.45) is 0 Å². The van der Waals surface area contributed by atoms with Crippen LogP contribution in [0.2, 0.25) is 0 Å². The van der Waals surface area contributed by atoms with Crippen molar-refractivity contribution in [1.82, 2.24) is 4.90 Å². The number of rotatable bonds is 9. The molecule has 0 aliphatic carbocycles. The van der Waals surface area contributed by atoms with Gasteiger partial charge in [0.2, 0.25) is 0 Å². The molecule has 0 N–H and O–H groups in total. The SMILES string of the molecule is CCCN(CCc1ccccc1)CCc1csc(OC)c1. The third kappa shape index (κ3) is 5.52. The molecule has 0 radical (unpaired) electrons. The highest BCUT2D eigenvalue weighted by Gasteiger charge is 2.06. The van der Waals surface area contributed by atoms with Gasteiger partial charge in [-0.05, 0) is 48.4 Å². The molecule has 0 aliphatic heterocycles. The molecule has 0 aliphatic rings. The normalized spacial score (nSPS) is 11.0. The zero-order valence-electron chi connectivity index (χ0n) is 13.0. The first-order valence-electron chi connectivity index (χ1n) is 7.69. The van der Waals surface area contributed by atoms with Crippen LogP contribution in [-0.2, 0) is 12.8 Å². The molecule has 114 valence electrons. The Morgan fingerprint density at radius 1 is 1.00 bits per heavy atom. The van der Waals surface area contributed by atoms with Crippen LogP contribution in [-0.4, -0.2) is 31.6 Å². The minimum absolute atomic E-state index is 1.01. The second-order valence-electron chi connectivity index (χ2n) is 5.31. The summed E-state index contributed by atoms with van der Waals surface area (Å²) in [5.41, 5.74) is 2.81. The predicted octanol–water partition coefficient (Wildman–Crippen LogP) is 4.25. The van der Waals surface area contributed by atoms with Gasteiger partial charge in [-0.2, -0.15) is 0 Å². The molecule has 0 bridgehead atoms. The lowest BCUT2D eigenvalue weighted by molar-refractivity contribution is 0.281. The van der Waals surface area contributed by atoms with Crippen LogP contribution in [0.25, 0.3) is 0 Å². The average molecular weight is 303 g/mol. The summed E-state index contributed by atoms with van der Waals surface area (Å²) in [5.74, 6) is 0. The second-order valence-corrected chi connectivity index (χ2v) is 6.18. The number of thiophene rings is 1. The van der Waals surface area contributed by atoms with Gasteiger partial charge in [-0.1, -0.05) is 37.3 Å². The Balaban J connectivity index is 1.81. The number of ether oxygens (including phenoxy) is 1. The van der Waals surface area contributed by atoms with Crippen LogP contribution in [0.15, 0.2) is 41.8 Å². The van der Waals surface area contributed by atoms with Crippen molar-refractivity contribution in [3.05, 3.63) is 52.9 Å². The highest BCUT2D eigenvalue weighted by molar-refractivity contribution is 7.12. The third-order valence-corrected chi connectivity index (χ3v) is 4.58. The predicted molar refractivity (Wildman–Crippen MR) is 91.5 cm³/mol. The van der Waals surface area contributed by atoms with Crippen LogP contribution >= 0.6 is 11.3 Å². The molecule has 21 heavy (non-hydrogen) atoms. The van der Waals surface area contributed by atoms with Gasteiger partial charge in [-0.25, -0.2) is 0 Å². The Morgan fingerprint density at radius 2 is 1.71 bits per heavy atom. The first-order valence-corrected chi connectivity index (χ1v) is 8.57. The Hall–Kier alpha value is -1.32. The summed E-state index contributed by atoms with van der Waals surface area (Å²) in [4.78, 5) is 2.57. The van der Waals surface area contributed by atoms with Gasteiger partial charge in [-0.15, -0.1) is 11.3 Å².